The van der Waals surface area contributed by atoms with Crippen LogP contribution in [0.15, 0.2) is 24.3 Å². The van der Waals surface area contributed by atoms with Crippen molar-refractivity contribution in [3.8, 4) is 0 Å². The molecule has 0 saturated carbocycles. The number of rotatable bonds is 3. The zero-order valence-corrected chi connectivity index (χ0v) is 11.8. The number of imide groups is 1. The van der Waals surface area contributed by atoms with Crippen molar-refractivity contribution in [2.24, 2.45) is 0 Å². The van der Waals surface area contributed by atoms with Gasteiger partial charge in [0.2, 0.25) is 0 Å². The van der Waals surface area contributed by atoms with Gasteiger partial charge in [0, 0.05) is 12.0 Å². The molecule has 120 valence electrons. The molecule has 8 heteroatoms. The highest BCUT2D eigenvalue weighted by Gasteiger charge is 2.28. The molecule has 1 aromatic rings. The Labute approximate surface area is 125 Å². The van der Waals surface area contributed by atoms with E-state index in [0.29, 0.717) is 6.54 Å². The van der Waals surface area contributed by atoms with Gasteiger partial charge in [-0.1, -0.05) is 24.3 Å². The smallest absolute Gasteiger partial charge is 0.329 e. The molecule has 0 saturated heterocycles. The van der Waals surface area contributed by atoms with E-state index in [4.69, 9.17) is 0 Å². The number of halogens is 3. The predicted molar refractivity (Wildman–Crippen MR) is 72.1 cm³/mol. The van der Waals surface area contributed by atoms with Gasteiger partial charge < -0.3 is 10.2 Å². The van der Waals surface area contributed by atoms with Crippen molar-refractivity contribution < 1.29 is 27.7 Å². The normalized spacial score (nSPS) is 17.5. The summed E-state index contributed by atoms with van der Waals surface area (Å²) in [5, 5.41) is 3.52. The molecule has 1 heterocycles. The fraction of sp³-hybridized carbons (Fsp3) is 0.429. The minimum absolute atomic E-state index is 0.0494. The second kappa shape index (κ2) is 6.78. The van der Waals surface area contributed by atoms with Crippen LogP contribution in [0.4, 0.5) is 18.0 Å². The number of nitrogens with one attached hydrogen (secondary N) is 3. The summed E-state index contributed by atoms with van der Waals surface area (Å²) in [6.45, 7) is -0.00774. The second-order valence-electron chi connectivity index (χ2n) is 5.22. The molecule has 3 amide bonds. The van der Waals surface area contributed by atoms with Crippen LogP contribution >= 0.6 is 0 Å². The van der Waals surface area contributed by atoms with E-state index in [1.165, 1.54) is 5.56 Å². The molecular formula is C14H17F3N3O2+. The first kappa shape index (κ1) is 16.3. The van der Waals surface area contributed by atoms with E-state index in [2.05, 4.69) is 0 Å². The van der Waals surface area contributed by atoms with Gasteiger partial charge in [-0.25, -0.2) is 4.79 Å². The van der Waals surface area contributed by atoms with Crippen LogP contribution in [0.25, 0.3) is 0 Å². The maximum absolute atomic E-state index is 11.9. The van der Waals surface area contributed by atoms with Crippen molar-refractivity contribution in [1.82, 2.24) is 10.6 Å². The van der Waals surface area contributed by atoms with Crippen molar-refractivity contribution in [1.29, 1.82) is 0 Å². The lowest BCUT2D eigenvalue weighted by Crippen LogP contribution is -3.13. The van der Waals surface area contributed by atoms with Crippen LogP contribution in [0.2, 0.25) is 0 Å². The van der Waals surface area contributed by atoms with Gasteiger partial charge in [-0.3, -0.25) is 10.1 Å². The van der Waals surface area contributed by atoms with Gasteiger partial charge in [0.05, 0.1) is 6.54 Å². The van der Waals surface area contributed by atoms with E-state index in [-0.39, 0.29) is 6.54 Å². The molecule has 3 N–H and O–H groups in total. The molecule has 0 aliphatic carbocycles. The third-order valence-corrected chi connectivity index (χ3v) is 3.42. The number of hydrogen-bond donors (Lipinski definition) is 3. The summed E-state index contributed by atoms with van der Waals surface area (Å²) in [5.41, 5.74) is 2.40. The van der Waals surface area contributed by atoms with Gasteiger partial charge in [0.25, 0.3) is 5.91 Å². The first-order chi connectivity index (χ1) is 10.3. The number of fused-ring (bicyclic) bond motifs is 1. The maximum Gasteiger partial charge on any atom is 0.405 e. The van der Waals surface area contributed by atoms with Crippen LogP contribution in [0.3, 0.4) is 0 Å². The quantitative estimate of drug-likeness (QED) is 0.736. The van der Waals surface area contributed by atoms with Crippen LogP contribution in [-0.4, -0.2) is 37.7 Å². The van der Waals surface area contributed by atoms with Crippen LogP contribution in [0.5, 0.6) is 0 Å². The summed E-state index contributed by atoms with van der Waals surface area (Å²) in [7, 11) is 0. The van der Waals surface area contributed by atoms with Crippen LogP contribution in [0.1, 0.15) is 11.1 Å². The monoisotopic (exact) mass is 316 g/mol. The van der Waals surface area contributed by atoms with Crippen molar-refractivity contribution in [2.45, 2.75) is 19.1 Å². The van der Waals surface area contributed by atoms with Crippen LogP contribution < -0.4 is 15.5 Å². The summed E-state index contributed by atoms with van der Waals surface area (Å²) < 4.78 is 35.8. The topological polar surface area (TPSA) is 62.6 Å². The Morgan fingerprint density at radius 1 is 1.18 bits per heavy atom. The van der Waals surface area contributed by atoms with Gasteiger partial charge in [0.1, 0.15) is 13.1 Å². The van der Waals surface area contributed by atoms with E-state index in [1.54, 1.807) is 5.32 Å². The molecule has 0 radical (unpaired) electrons. The number of benzene rings is 1. The van der Waals surface area contributed by atoms with Crippen molar-refractivity contribution in [3.63, 3.8) is 0 Å². The molecule has 1 unspecified atom stereocenters. The summed E-state index contributed by atoms with van der Waals surface area (Å²) in [5.74, 6) is -0.589. The van der Waals surface area contributed by atoms with Crippen LogP contribution in [0, 0.1) is 0 Å². The molecule has 0 fully saturated rings. The molecular weight excluding hydrogens is 299 g/mol. The van der Waals surface area contributed by atoms with E-state index >= 15 is 0 Å². The number of alkyl halides is 3. The SMILES string of the molecule is O=C(C[NH+]1CCc2ccccc2C1)NC(=O)NCC(F)(F)F. The molecule has 5 nitrogen and oxygen atoms in total. The van der Waals surface area contributed by atoms with Crippen molar-refractivity contribution >= 4 is 11.9 Å². The summed E-state index contributed by atoms with van der Waals surface area (Å²) in [4.78, 5) is 23.8. The van der Waals surface area contributed by atoms with Gasteiger partial charge in [-0.15, -0.1) is 0 Å². The average Bonchev–Trinajstić information content (AvgIpc) is 2.44. The number of carbonyl (C=O) groups excluding carboxylic acids is 2. The van der Waals surface area contributed by atoms with E-state index < -0.39 is 24.7 Å². The molecule has 0 aromatic heterocycles. The molecule has 1 atom stereocenters. The summed E-state index contributed by atoms with van der Waals surface area (Å²) in [6.07, 6.45) is -3.67. The van der Waals surface area contributed by atoms with E-state index in [9.17, 15) is 22.8 Å². The molecule has 1 aromatic carbocycles. The molecule has 1 aliphatic heterocycles. The molecule has 0 bridgehead atoms. The summed E-state index contributed by atoms with van der Waals surface area (Å²) in [6, 6.07) is 6.78. The fourth-order valence-electron chi connectivity index (χ4n) is 2.42. The zero-order valence-electron chi connectivity index (χ0n) is 11.8. The van der Waals surface area contributed by atoms with Gasteiger partial charge in [0.15, 0.2) is 6.54 Å². The number of hydrogen-bond acceptors (Lipinski definition) is 2. The Bertz CT molecular complexity index is 561. The number of quaternary nitrogens is 1. The van der Waals surface area contributed by atoms with E-state index in [0.717, 1.165) is 23.4 Å². The molecule has 1 aliphatic rings. The highest BCUT2D eigenvalue weighted by Crippen LogP contribution is 2.12. The molecule has 0 spiro atoms. The Morgan fingerprint density at radius 3 is 2.55 bits per heavy atom. The Morgan fingerprint density at radius 2 is 1.86 bits per heavy atom. The molecule has 2 rings (SSSR count). The standard InChI is InChI=1S/C14H16F3N3O2/c15-14(16,17)9-18-13(22)19-12(21)8-20-6-5-10-3-1-2-4-11(10)7-20/h1-4H,5-9H2,(H2,18,19,21,22)/p+1. The third-order valence-electron chi connectivity index (χ3n) is 3.42. The second-order valence-corrected chi connectivity index (χ2v) is 5.22. The first-order valence-electron chi connectivity index (χ1n) is 6.88. The number of urea groups is 1. The van der Waals surface area contributed by atoms with Gasteiger partial charge >= 0.3 is 12.2 Å². The highest BCUT2D eigenvalue weighted by molar-refractivity contribution is 5.94. The largest absolute Gasteiger partial charge is 0.405 e. The lowest BCUT2D eigenvalue weighted by molar-refractivity contribution is -0.908. The third kappa shape index (κ3) is 5.03. The Hall–Kier alpha value is -2.09. The van der Waals surface area contributed by atoms with Gasteiger partial charge in [-0.2, -0.15) is 13.2 Å². The fourth-order valence-corrected chi connectivity index (χ4v) is 2.42. The number of amides is 3. The van der Waals surface area contributed by atoms with Crippen molar-refractivity contribution in [3.05, 3.63) is 35.4 Å². The van der Waals surface area contributed by atoms with Gasteiger partial charge in [-0.05, 0) is 5.56 Å². The minimum atomic E-state index is -4.50. The Kier molecular flexibility index (Phi) is 5.02. The average molecular weight is 316 g/mol. The highest BCUT2D eigenvalue weighted by atomic mass is 19.4. The minimum Gasteiger partial charge on any atom is -0.329 e. The van der Waals surface area contributed by atoms with Crippen molar-refractivity contribution in [2.75, 3.05) is 19.6 Å². The summed E-state index contributed by atoms with van der Waals surface area (Å²) >= 11 is 0. The maximum atomic E-state index is 11.9. The van der Waals surface area contributed by atoms with Crippen LogP contribution in [-0.2, 0) is 17.8 Å². The lowest BCUT2D eigenvalue weighted by atomic mass is 10.00. The van der Waals surface area contributed by atoms with E-state index in [1.807, 2.05) is 29.6 Å². The number of carbonyl (C=O) groups is 2. The molecule has 22 heavy (non-hydrogen) atoms. The predicted octanol–water partition coefficient (Wildman–Crippen LogP) is 0.0157. The lowest BCUT2D eigenvalue weighted by Gasteiger charge is -2.25. The first-order valence-corrected chi connectivity index (χ1v) is 6.88. The zero-order chi connectivity index (χ0) is 16.2. The Balaban J connectivity index is 1.77.